The lowest BCUT2D eigenvalue weighted by Gasteiger charge is -2.26. The first-order valence-electron chi connectivity index (χ1n) is 15.2. The number of sulfonamides is 1. The number of carbonyl (C=O) groups is 1. The molecule has 4 rings (SSSR count). The van der Waals surface area contributed by atoms with E-state index in [0.717, 1.165) is 69.1 Å². The third kappa shape index (κ3) is 7.65. The minimum absolute atomic E-state index is 0.117. The Labute approximate surface area is 255 Å². The van der Waals surface area contributed by atoms with Crippen LogP contribution in [0.4, 0.5) is 5.82 Å². The Bertz CT molecular complexity index is 1540. The van der Waals surface area contributed by atoms with Gasteiger partial charge in [0, 0.05) is 36.7 Å². The van der Waals surface area contributed by atoms with Gasteiger partial charge in [0.15, 0.2) is 5.82 Å². The van der Waals surface area contributed by atoms with E-state index >= 15 is 0 Å². The first-order chi connectivity index (χ1) is 20.6. The van der Waals surface area contributed by atoms with Crippen molar-refractivity contribution in [2.75, 3.05) is 18.4 Å². The van der Waals surface area contributed by atoms with Gasteiger partial charge in [0.25, 0.3) is 10.0 Å². The highest BCUT2D eigenvalue weighted by Crippen LogP contribution is 2.37. The largest absolute Gasteiger partial charge is 0.493 e. The van der Waals surface area contributed by atoms with Crippen molar-refractivity contribution in [3.05, 3.63) is 59.4 Å². The monoisotopic (exact) mass is 608 g/mol. The molecular formula is C33H44N4O5S. The molecule has 10 heteroatoms. The number of aldehydes is 1. The van der Waals surface area contributed by atoms with Crippen LogP contribution in [0.5, 0.6) is 5.75 Å². The van der Waals surface area contributed by atoms with Gasteiger partial charge in [-0.3, -0.25) is 9.71 Å². The molecule has 1 fully saturated rings. The highest BCUT2D eigenvalue weighted by molar-refractivity contribution is 7.92. The van der Waals surface area contributed by atoms with E-state index in [9.17, 15) is 13.2 Å². The molecule has 0 aliphatic heterocycles. The molecule has 43 heavy (non-hydrogen) atoms. The first kappa shape index (κ1) is 32.3. The Hall–Kier alpha value is -3.66. The van der Waals surface area contributed by atoms with Crippen LogP contribution in [0, 0.1) is 13.8 Å². The smallest absolute Gasteiger partial charge is 0.263 e. The summed E-state index contributed by atoms with van der Waals surface area (Å²) in [6.45, 7) is 8.74. The van der Waals surface area contributed by atoms with Crippen molar-refractivity contribution in [2.45, 2.75) is 96.0 Å². The average Bonchev–Trinajstić information content (AvgIpc) is 3.60. The number of nitrogens with one attached hydrogen (secondary N) is 1. The zero-order chi connectivity index (χ0) is 31.0. The third-order valence-corrected chi connectivity index (χ3v) is 9.41. The summed E-state index contributed by atoms with van der Waals surface area (Å²) in [5.74, 6) is 2.27. The van der Waals surface area contributed by atoms with Crippen LogP contribution < -0.4 is 9.46 Å². The van der Waals surface area contributed by atoms with E-state index < -0.39 is 15.6 Å². The van der Waals surface area contributed by atoms with Gasteiger partial charge < -0.3 is 19.0 Å². The van der Waals surface area contributed by atoms with Gasteiger partial charge in [0.2, 0.25) is 0 Å². The number of hydrogen-bond acceptors (Lipinski definition) is 7. The van der Waals surface area contributed by atoms with E-state index in [4.69, 9.17) is 14.3 Å². The summed E-state index contributed by atoms with van der Waals surface area (Å²) < 4.78 is 41.1. The minimum Gasteiger partial charge on any atom is -0.493 e. The Kier molecular flexibility index (Phi) is 10.7. The molecule has 0 radical (unpaired) electrons. The summed E-state index contributed by atoms with van der Waals surface area (Å²) in [5, 5.41) is 3.88. The highest BCUT2D eigenvalue weighted by Gasteiger charge is 2.34. The van der Waals surface area contributed by atoms with E-state index in [-0.39, 0.29) is 10.7 Å². The van der Waals surface area contributed by atoms with E-state index in [1.165, 1.54) is 0 Å². The molecule has 232 valence electrons. The fourth-order valence-electron chi connectivity index (χ4n) is 5.37. The Morgan fingerprint density at radius 1 is 1.12 bits per heavy atom. The van der Waals surface area contributed by atoms with Gasteiger partial charge in [0.1, 0.15) is 29.2 Å². The van der Waals surface area contributed by atoms with E-state index in [0.29, 0.717) is 41.4 Å². The average molecular weight is 609 g/mol. The summed E-state index contributed by atoms with van der Waals surface area (Å²) >= 11 is 0. The predicted octanol–water partition coefficient (Wildman–Crippen LogP) is 7.08. The summed E-state index contributed by atoms with van der Waals surface area (Å²) in [5.41, 5.74) is 2.23. The van der Waals surface area contributed by atoms with Gasteiger partial charge >= 0.3 is 0 Å². The van der Waals surface area contributed by atoms with E-state index in [1.807, 2.05) is 38.2 Å². The predicted molar refractivity (Wildman–Crippen MR) is 170 cm³/mol. The maximum atomic E-state index is 13.6. The zero-order valence-corrected chi connectivity index (χ0v) is 26.8. The van der Waals surface area contributed by atoms with Crippen LogP contribution in [0.3, 0.4) is 0 Å². The van der Waals surface area contributed by atoms with Crippen molar-refractivity contribution in [3.8, 4) is 16.9 Å². The maximum absolute atomic E-state index is 13.6. The van der Waals surface area contributed by atoms with Gasteiger partial charge in [-0.2, -0.15) is 0 Å². The second-order valence-corrected chi connectivity index (χ2v) is 13.1. The molecule has 0 unspecified atom stereocenters. The van der Waals surface area contributed by atoms with Crippen LogP contribution in [-0.2, 0) is 21.4 Å². The number of aromatic nitrogens is 1. The lowest BCUT2D eigenvalue weighted by Crippen LogP contribution is -2.33. The van der Waals surface area contributed by atoms with Crippen molar-refractivity contribution in [1.82, 2.24) is 10.1 Å². The second-order valence-electron chi connectivity index (χ2n) is 11.4. The molecule has 9 nitrogen and oxygen atoms in total. The zero-order valence-electron chi connectivity index (χ0n) is 26.0. The van der Waals surface area contributed by atoms with E-state index in [1.54, 1.807) is 32.0 Å². The Morgan fingerprint density at radius 3 is 2.51 bits per heavy atom. The third-order valence-electron chi connectivity index (χ3n) is 8.02. The molecule has 1 aliphatic carbocycles. The molecule has 1 heterocycles. The lowest BCUT2D eigenvalue weighted by molar-refractivity contribution is -0.112. The van der Waals surface area contributed by atoms with Crippen LogP contribution in [0.1, 0.15) is 82.1 Å². The first-order valence-corrected chi connectivity index (χ1v) is 16.7. The summed E-state index contributed by atoms with van der Waals surface area (Å²) in [7, 11) is -1.97. The summed E-state index contributed by atoms with van der Waals surface area (Å²) in [6, 6.07) is 12.8. The number of benzene rings is 2. The minimum atomic E-state index is -3.99. The van der Waals surface area contributed by atoms with Crippen LogP contribution in [0.2, 0.25) is 0 Å². The highest BCUT2D eigenvalue weighted by atomic mass is 32.2. The van der Waals surface area contributed by atoms with Crippen molar-refractivity contribution in [2.24, 2.45) is 4.99 Å². The summed E-state index contributed by atoms with van der Waals surface area (Å²) in [4.78, 5) is 19.3. The standard InChI is InChI=1S/C33H44N4O5S/c1-6-8-15-31(34-33(23-38)18-11-12-19-33)37(5)22-26-16-17-27(29(21-26)41-20-7-2)28-13-9-10-14-30(28)43(39,40)36-32-24(3)25(4)42-35-32/h9-10,13-14,16-17,21,23H,6-8,11-12,15,18-20,22H2,1-5H3,(H,35,36). The molecule has 0 saturated heterocycles. The van der Waals surface area contributed by atoms with Gasteiger partial charge in [-0.25, -0.2) is 8.42 Å². The molecular weight excluding hydrogens is 564 g/mol. The molecule has 1 saturated carbocycles. The number of aliphatic imine (C=N–C) groups is 1. The van der Waals surface area contributed by atoms with Crippen molar-refractivity contribution in [3.63, 3.8) is 0 Å². The number of aryl methyl sites for hydroxylation is 1. The molecule has 1 aromatic heterocycles. The topological polar surface area (TPSA) is 114 Å². The van der Waals surface area contributed by atoms with Crippen LogP contribution >= 0.6 is 0 Å². The molecule has 0 bridgehead atoms. The number of ether oxygens (including phenoxy) is 1. The number of carbonyl (C=O) groups excluding carboxylic acids is 1. The van der Waals surface area contributed by atoms with Gasteiger partial charge in [-0.05, 0) is 57.2 Å². The Morgan fingerprint density at radius 2 is 1.86 bits per heavy atom. The van der Waals surface area contributed by atoms with Gasteiger partial charge in [0.05, 0.1) is 11.5 Å². The van der Waals surface area contributed by atoms with Gasteiger partial charge in [-0.1, -0.05) is 68.6 Å². The number of anilines is 1. The molecule has 1 aliphatic rings. The van der Waals surface area contributed by atoms with Crippen LogP contribution in [-0.4, -0.2) is 49.8 Å². The van der Waals surface area contributed by atoms with Crippen molar-refractivity contribution < 1.29 is 22.5 Å². The molecule has 1 N–H and O–H groups in total. The van der Waals surface area contributed by atoms with Gasteiger partial charge in [-0.15, -0.1) is 0 Å². The second kappa shape index (κ2) is 14.2. The van der Waals surface area contributed by atoms with Crippen LogP contribution in [0.15, 0.2) is 56.9 Å². The Balaban J connectivity index is 1.68. The SMILES string of the molecule is CCCCC(=NC1(C=O)CCCC1)N(C)Cc1ccc(-c2ccccc2S(=O)(=O)Nc2noc(C)c2C)c(OCCC)c1. The number of nitrogens with zero attached hydrogens (tertiary/aromatic N) is 3. The molecule has 0 amide bonds. The maximum Gasteiger partial charge on any atom is 0.263 e. The molecule has 0 spiro atoms. The number of unbranched alkanes of at least 4 members (excludes halogenated alkanes) is 1. The van der Waals surface area contributed by atoms with Crippen molar-refractivity contribution >= 4 is 28.0 Å². The van der Waals surface area contributed by atoms with Crippen molar-refractivity contribution in [1.29, 1.82) is 0 Å². The number of hydrogen-bond donors (Lipinski definition) is 1. The normalized spacial score (nSPS) is 15.0. The number of rotatable bonds is 14. The molecule has 0 atom stereocenters. The fourth-order valence-corrected chi connectivity index (χ4v) is 6.65. The summed E-state index contributed by atoms with van der Waals surface area (Å²) in [6.07, 6.45) is 8.34. The van der Waals surface area contributed by atoms with Crippen LogP contribution in [0.25, 0.3) is 11.1 Å². The van der Waals surface area contributed by atoms with E-state index in [2.05, 4.69) is 21.7 Å². The fraction of sp³-hybridized carbons (Fsp3) is 0.485. The lowest BCUT2D eigenvalue weighted by atomic mass is 10.0. The number of amidine groups is 1. The molecule has 3 aromatic rings. The molecule has 2 aromatic carbocycles. The quantitative estimate of drug-likeness (QED) is 0.118.